The molecule has 0 aliphatic heterocycles. The summed E-state index contributed by atoms with van der Waals surface area (Å²) in [5, 5.41) is 4.36. The summed E-state index contributed by atoms with van der Waals surface area (Å²) in [5.41, 5.74) is 1.28. The summed E-state index contributed by atoms with van der Waals surface area (Å²) in [6, 6.07) is 0.687. The second-order valence-corrected chi connectivity index (χ2v) is 3.79. The summed E-state index contributed by atoms with van der Waals surface area (Å²) in [6.45, 7) is 6.10. The Morgan fingerprint density at radius 2 is 1.86 bits per heavy atom. The molecule has 0 spiro atoms. The number of hydrogen-bond donors (Lipinski definition) is 0. The maximum absolute atomic E-state index is 4.36. The molecule has 1 aromatic heterocycles. The summed E-state index contributed by atoms with van der Waals surface area (Å²) in [4.78, 5) is 0. The van der Waals surface area contributed by atoms with Crippen LogP contribution in [0.15, 0.2) is 12.4 Å². The van der Waals surface area contributed by atoms with Crippen LogP contribution in [-0.4, -0.2) is 9.78 Å². The van der Waals surface area contributed by atoms with Gasteiger partial charge in [-0.3, -0.25) is 4.68 Å². The Hall–Kier alpha value is -0.790. The minimum atomic E-state index is 0.687. The molecule has 80 valence electrons. The third kappa shape index (κ3) is 2.86. The molecule has 14 heavy (non-hydrogen) atoms. The van der Waals surface area contributed by atoms with E-state index in [-0.39, 0.29) is 0 Å². The highest BCUT2D eigenvalue weighted by molar-refractivity contribution is 5.00. The van der Waals surface area contributed by atoms with Crippen molar-refractivity contribution in [1.29, 1.82) is 0 Å². The monoisotopic (exact) mass is 194 g/mol. The minimum Gasteiger partial charge on any atom is -0.269 e. The van der Waals surface area contributed by atoms with E-state index in [2.05, 4.69) is 22.9 Å². The lowest BCUT2D eigenvalue weighted by molar-refractivity contribution is 0.329. The topological polar surface area (TPSA) is 17.8 Å². The molecule has 1 heterocycles. The zero-order valence-corrected chi connectivity index (χ0v) is 9.66. The molecule has 1 fully saturated rings. The van der Waals surface area contributed by atoms with Gasteiger partial charge in [0.15, 0.2) is 0 Å². The number of rotatable bonds is 1. The van der Waals surface area contributed by atoms with E-state index >= 15 is 0 Å². The molecule has 2 nitrogen and oxygen atoms in total. The maximum Gasteiger partial charge on any atom is 0.0519 e. The molecule has 0 saturated heterocycles. The molecule has 2 rings (SSSR count). The van der Waals surface area contributed by atoms with Gasteiger partial charge in [-0.05, 0) is 25.3 Å². The fourth-order valence-electron chi connectivity index (χ4n) is 1.98. The van der Waals surface area contributed by atoms with E-state index in [0.29, 0.717) is 6.04 Å². The quantitative estimate of drug-likeness (QED) is 0.666. The normalized spacial score (nSPS) is 17.4. The summed E-state index contributed by atoms with van der Waals surface area (Å²) in [5.74, 6) is 0. The van der Waals surface area contributed by atoms with Crippen LogP contribution in [0.25, 0.3) is 0 Å². The summed E-state index contributed by atoms with van der Waals surface area (Å²) in [6.07, 6.45) is 10.9. The highest BCUT2D eigenvalue weighted by Gasteiger charge is 2.14. The molecule has 1 aromatic rings. The lowest BCUT2D eigenvalue weighted by Gasteiger charge is -2.21. The first kappa shape index (κ1) is 11.3. The number of hydrogen-bond acceptors (Lipinski definition) is 1. The van der Waals surface area contributed by atoms with E-state index in [0.717, 1.165) is 0 Å². The van der Waals surface area contributed by atoms with Crippen LogP contribution in [-0.2, 0) is 0 Å². The van der Waals surface area contributed by atoms with E-state index in [4.69, 9.17) is 0 Å². The Balaban J connectivity index is 0.000000461. The van der Waals surface area contributed by atoms with Crippen molar-refractivity contribution in [2.24, 2.45) is 0 Å². The first-order valence-electron chi connectivity index (χ1n) is 5.87. The fourth-order valence-corrected chi connectivity index (χ4v) is 1.98. The van der Waals surface area contributed by atoms with Crippen LogP contribution in [0.2, 0.25) is 0 Å². The Morgan fingerprint density at radius 1 is 1.21 bits per heavy atom. The van der Waals surface area contributed by atoms with Gasteiger partial charge >= 0.3 is 0 Å². The highest BCUT2D eigenvalue weighted by Crippen LogP contribution is 2.27. The summed E-state index contributed by atoms with van der Waals surface area (Å²) >= 11 is 0. The molecule has 0 amide bonds. The Bertz CT molecular complexity index is 247. The van der Waals surface area contributed by atoms with Gasteiger partial charge in [0.2, 0.25) is 0 Å². The van der Waals surface area contributed by atoms with Gasteiger partial charge in [0, 0.05) is 6.20 Å². The van der Waals surface area contributed by atoms with Crippen LogP contribution < -0.4 is 0 Å². The molecule has 1 saturated carbocycles. The van der Waals surface area contributed by atoms with Crippen LogP contribution in [0.4, 0.5) is 0 Å². The second-order valence-electron chi connectivity index (χ2n) is 3.79. The van der Waals surface area contributed by atoms with Gasteiger partial charge in [0.25, 0.3) is 0 Å². The average molecular weight is 194 g/mol. The van der Waals surface area contributed by atoms with Crippen molar-refractivity contribution in [3.63, 3.8) is 0 Å². The van der Waals surface area contributed by atoms with Gasteiger partial charge in [-0.15, -0.1) is 0 Å². The van der Waals surface area contributed by atoms with E-state index in [9.17, 15) is 0 Å². The molecule has 0 aromatic carbocycles. The number of aryl methyl sites for hydroxylation is 1. The van der Waals surface area contributed by atoms with Crippen molar-refractivity contribution in [2.75, 3.05) is 0 Å². The lowest BCUT2D eigenvalue weighted by Crippen LogP contribution is -2.12. The van der Waals surface area contributed by atoms with Crippen LogP contribution in [0.3, 0.4) is 0 Å². The molecule has 0 N–H and O–H groups in total. The van der Waals surface area contributed by atoms with E-state index < -0.39 is 0 Å². The summed E-state index contributed by atoms with van der Waals surface area (Å²) < 4.78 is 2.15. The molecule has 0 atom stereocenters. The Morgan fingerprint density at radius 3 is 2.36 bits per heavy atom. The third-order valence-corrected chi connectivity index (χ3v) is 2.68. The Labute approximate surface area is 87.3 Å². The van der Waals surface area contributed by atoms with Gasteiger partial charge in [0.05, 0.1) is 12.2 Å². The molecule has 1 aliphatic rings. The fraction of sp³-hybridized carbons (Fsp3) is 0.750. The molecule has 0 radical (unpaired) electrons. The van der Waals surface area contributed by atoms with Crippen molar-refractivity contribution in [3.05, 3.63) is 18.0 Å². The number of aromatic nitrogens is 2. The van der Waals surface area contributed by atoms with Crippen molar-refractivity contribution < 1.29 is 0 Å². The molecule has 0 bridgehead atoms. The van der Waals surface area contributed by atoms with Gasteiger partial charge in [0.1, 0.15) is 0 Å². The largest absolute Gasteiger partial charge is 0.269 e. The zero-order valence-electron chi connectivity index (χ0n) is 9.66. The van der Waals surface area contributed by atoms with Gasteiger partial charge in [-0.1, -0.05) is 33.1 Å². The molecule has 2 heteroatoms. The molecule has 1 aliphatic carbocycles. The predicted octanol–water partition coefficient (Wildman–Crippen LogP) is 3.72. The van der Waals surface area contributed by atoms with Gasteiger partial charge < -0.3 is 0 Å². The molecular weight excluding hydrogens is 172 g/mol. The maximum atomic E-state index is 4.36. The average Bonchev–Trinajstić information content (AvgIpc) is 2.69. The molecular formula is C12H22N2. The van der Waals surface area contributed by atoms with Crippen LogP contribution in [0, 0.1) is 6.92 Å². The Kier molecular flexibility index (Phi) is 4.71. The smallest absolute Gasteiger partial charge is 0.0519 e. The second kappa shape index (κ2) is 5.84. The van der Waals surface area contributed by atoms with Crippen LogP contribution in [0.1, 0.15) is 57.6 Å². The zero-order chi connectivity index (χ0) is 10.4. The first-order chi connectivity index (χ1) is 6.86. The lowest BCUT2D eigenvalue weighted by atomic mass is 9.96. The van der Waals surface area contributed by atoms with Crippen LogP contribution >= 0.6 is 0 Å². The van der Waals surface area contributed by atoms with Crippen molar-refractivity contribution in [2.45, 2.75) is 58.9 Å². The van der Waals surface area contributed by atoms with Gasteiger partial charge in [-0.2, -0.15) is 5.10 Å². The van der Waals surface area contributed by atoms with Crippen molar-refractivity contribution in [3.8, 4) is 0 Å². The van der Waals surface area contributed by atoms with Crippen LogP contribution in [0.5, 0.6) is 0 Å². The minimum absolute atomic E-state index is 0.687. The number of nitrogens with zero attached hydrogens (tertiary/aromatic N) is 2. The SMILES string of the molecule is CC.Cc1cnn(C2CCCCC2)c1. The van der Waals surface area contributed by atoms with Gasteiger partial charge in [-0.25, -0.2) is 0 Å². The first-order valence-corrected chi connectivity index (χ1v) is 5.87. The molecule has 0 unspecified atom stereocenters. The third-order valence-electron chi connectivity index (χ3n) is 2.68. The highest BCUT2D eigenvalue weighted by atomic mass is 15.3. The van der Waals surface area contributed by atoms with E-state index in [1.807, 2.05) is 20.0 Å². The predicted molar refractivity (Wildman–Crippen MR) is 60.4 cm³/mol. The van der Waals surface area contributed by atoms with Crippen molar-refractivity contribution >= 4 is 0 Å². The summed E-state index contributed by atoms with van der Waals surface area (Å²) in [7, 11) is 0. The van der Waals surface area contributed by atoms with E-state index in [1.165, 1.54) is 37.7 Å². The standard InChI is InChI=1S/C10H16N2.C2H6/c1-9-7-11-12(8-9)10-5-3-2-4-6-10;1-2/h7-8,10H,2-6H2,1H3;1-2H3. The van der Waals surface area contributed by atoms with E-state index in [1.54, 1.807) is 0 Å². The van der Waals surface area contributed by atoms with Crippen molar-refractivity contribution in [1.82, 2.24) is 9.78 Å².